The van der Waals surface area contributed by atoms with E-state index in [1.165, 1.54) is 10.8 Å². The van der Waals surface area contributed by atoms with Crippen LogP contribution < -0.4 is 4.90 Å². The summed E-state index contributed by atoms with van der Waals surface area (Å²) >= 11 is 3.24. The van der Waals surface area contributed by atoms with Gasteiger partial charge in [-0.25, -0.2) is 9.97 Å². The van der Waals surface area contributed by atoms with Gasteiger partial charge in [0.1, 0.15) is 17.0 Å². The number of thioether (sulfide) groups is 1. The van der Waals surface area contributed by atoms with Crippen LogP contribution in [0.3, 0.4) is 0 Å². The van der Waals surface area contributed by atoms with Crippen LogP contribution in [0.5, 0.6) is 0 Å². The zero-order valence-electron chi connectivity index (χ0n) is 15.8. The van der Waals surface area contributed by atoms with Gasteiger partial charge in [0, 0.05) is 31.1 Å². The molecule has 5 nitrogen and oxygen atoms in total. The summed E-state index contributed by atoms with van der Waals surface area (Å²) in [5.74, 6) is 1.65. The molecular weight excluding hydrogens is 400 g/mol. The molecule has 4 aromatic rings. The molecule has 2 aromatic heterocycles. The van der Waals surface area contributed by atoms with E-state index in [9.17, 15) is 4.79 Å². The number of aromatic nitrogens is 2. The highest BCUT2D eigenvalue weighted by Gasteiger charge is 2.23. The second-order valence-corrected chi connectivity index (χ2v) is 8.95. The van der Waals surface area contributed by atoms with Crippen LogP contribution in [-0.2, 0) is 4.79 Å². The van der Waals surface area contributed by atoms with E-state index in [0.717, 1.165) is 47.1 Å². The van der Waals surface area contributed by atoms with E-state index in [-0.39, 0.29) is 5.91 Å². The summed E-state index contributed by atoms with van der Waals surface area (Å²) in [5.41, 5.74) is 0. The Bertz CT molecular complexity index is 1170. The maximum Gasteiger partial charge on any atom is 0.233 e. The summed E-state index contributed by atoms with van der Waals surface area (Å²) in [7, 11) is 0. The molecule has 0 unspecified atom stereocenters. The molecule has 0 saturated carbocycles. The number of carbonyl (C=O) groups is 1. The Kier molecular flexibility index (Phi) is 5.08. The fourth-order valence-corrected chi connectivity index (χ4v) is 5.26. The monoisotopic (exact) mass is 420 g/mol. The second kappa shape index (κ2) is 8.00. The molecule has 1 fully saturated rings. The van der Waals surface area contributed by atoms with E-state index in [4.69, 9.17) is 0 Å². The van der Waals surface area contributed by atoms with Crippen molar-refractivity contribution in [1.29, 1.82) is 0 Å². The molecule has 1 amide bonds. The molecule has 2 aromatic carbocycles. The number of carbonyl (C=O) groups excluding carboxylic acids is 1. The number of benzene rings is 2. The summed E-state index contributed by atoms with van der Waals surface area (Å²) in [6, 6.07) is 16.8. The van der Waals surface area contributed by atoms with Crippen molar-refractivity contribution < 1.29 is 4.79 Å². The van der Waals surface area contributed by atoms with E-state index in [2.05, 4.69) is 51.3 Å². The SMILES string of the molecule is O=C(CSc1ccc2ccccc2c1)N1CCN(c2ncnc3sccc23)CC1. The average Bonchev–Trinajstić information content (AvgIpc) is 3.26. The van der Waals surface area contributed by atoms with Gasteiger partial charge < -0.3 is 9.80 Å². The molecule has 0 N–H and O–H groups in total. The third-order valence-electron chi connectivity index (χ3n) is 5.26. The molecule has 1 aliphatic heterocycles. The van der Waals surface area contributed by atoms with Crippen LogP contribution in [0.1, 0.15) is 0 Å². The predicted molar refractivity (Wildman–Crippen MR) is 121 cm³/mol. The zero-order chi connectivity index (χ0) is 19.6. The molecule has 0 aliphatic carbocycles. The number of nitrogens with zero attached hydrogens (tertiary/aromatic N) is 4. The lowest BCUT2D eigenvalue weighted by atomic mass is 10.1. The number of hydrogen-bond acceptors (Lipinski definition) is 6. The lowest BCUT2D eigenvalue weighted by Crippen LogP contribution is -2.49. The van der Waals surface area contributed by atoms with Crippen LogP contribution in [0.2, 0.25) is 0 Å². The first-order valence-electron chi connectivity index (χ1n) is 9.60. The molecule has 3 heterocycles. The Labute approximate surface area is 177 Å². The fraction of sp³-hybridized carbons (Fsp3) is 0.227. The number of rotatable bonds is 4. The number of amides is 1. The van der Waals surface area contributed by atoms with E-state index >= 15 is 0 Å². The fourth-order valence-electron chi connectivity index (χ4n) is 3.69. The lowest BCUT2D eigenvalue weighted by Gasteiger charge is -2.35. The van der Waals surface area contributed by atoms with Gasteiger partial charge in [-0.15, -0.1) is 23.1 Å². The third-order valence-corrected chi connectivity index (χ3v) is 7.06. The number of hydrogen-bond donors (Lipinski definition) is 0. The van der Waals surface area contributed by atoms with Crippen LogP contribution in [-0.4, -0.2) is 52.7 Å². The smallest absolute Gasteiger partial charge is 0.233 e. The van der Waals surface area contributed by atoms with Gasteiger partial charge in [-0.1, -0.05) is 30.3 Å². The van der Waals surface area contributed by atoms with Gasteiger partial charge in [-0.3, -0.25) is 4.79 Å². The van der Waals surface area contributed by atoms with Crippen molar-refractivity contribution in [1.82, 2.24) is 14.9 Å². The molecule has 0 bridgehead atoms. The van der Waals surface area contributed by atoms with E-state index in [1.54, 1.807) is 29.4 Å². The number of piperazine rings is 1. The van der Waals surface area contributed by atoms with E-state index in [1.807, 2.05) is 22.4 Å². The summed E-state index contributed by atoms with van der Waals surface area (Å²) in [6.45, 7) is 3.06. The van der Waals surface area contributed by atoms with Gasteiger partial charge in [-0.2, -0.15) is 0 Å². The Balaban J connectivity index is 1.19. The van der Waals surface area contributed by atoms with Crippen LogP contribution in [0.15, 0.2) is 65.1 Å². The highest BCUT2D eigenvalue weighted by molar-refractivity contribution is 8.00. The summed E-state index contributed by atoms with van der Waals surface area (Å²) in [6.07, 6.45) is 1.63. The van der Waals surface area contributed by atoms with Crippen molar-refractivity contribution in [3.8, 4) is 0 Å². The quantitative estimate of drug-likeness (QED) is 0.461. The summed E-state index contributed by atoms with van der Waals surface area (Å²) in [4.78, 5) is 27.9. The summed E-state index contributed by atoms with van der Waals surface area (Å²) < 4.78 is 0. The second-order valence-electron chi connectivity index (χ2n) is 7.00. The van der Waals surface area contributed by atoms with Crippen LogP contribution in [0.4, 0.5) is 5.82 Å². The Hall–Kier alpha value is -2.64. The van der Waals surface area contributed by atoms with Gasteiger partial charge in [0.15, 0.2) is 0 Å². The molecule has 1 saturated heterocycles. The zero-order valence-corrected chi connectivity index (χ0v) is 17.5. The number of fused-ring (bicyclic) bond motifs is 2. The van der Waals surface area contributed by atoms with Crippen molar-refractivity contribution in [2.45, 2.75) is 4.90 Å². The van der Waals surface area contributed by atoms with Gasteiger partial charge in [0.25, 0.3) is 0 Å². The summed E-state index contributed by atoms with van der Waals surface area (Å²) in [5, 5.41) is 5.59. The molecule has 1 aliphatic rings. The van der Waals surface area contributed by atoms with Crippen molar-refractivity contribution in [2.24, 2.45) is 0 Å². The standard InChI is InChI=1S/C22H20N4OS2/c27-20(14-29-18-6-5-16-3-1-2-4-17(16)13-18)25-8-10-26(11-9-25)21-19-7-12-28-22(19)24-15-23-21/h1-7,12-13,15H,8-11,14H2. The highest BCUT2D eigenvalue weighted by atomic mass is 32.2. The number of thiophene rings is 1. The van der Waals surface area contributed by atoms with Crippen LogP contribution in [0.25, 0.3) is 21.0 Å². The highest BCUT2D eigenvalue weighted by Crippen LogP contribution is 2.28. The van der Waals surface area contributed by atoms with Gasteiger partial charge in [-0.05, 0) is 34.4 Å². The topological polar surface area (TPSA) is 49.3 Å². The molecule has 146 valence electrons. The van der Waals surface area contributed by atoms with Crippen molar-refractivity contribution >= 4 is 55.8 Å². The number of anilines is 1. The minimum Gasteiger partial charge on any atom is -0.352 e. The van der Waals surface area contributed by atoms with Crippen molar-refractivity contribution in [2.75, 3.05) is 36.8 Å². The first kappa shape index (κ1) is 18.4. The predicted octanol–water partition coefficient (Wildman–Crippen LogP) is 4.29. The molecule has 7 heteroatoms. The largest absolute Gasteiger partial charge is 0.352 e. The third kappa shape index (κ3) is 3.80. The molecule has 29 heavy (non-hydrogen) atoms. The first-order chi connectivity index (χ1) is 14.3. The molecular formula is C22H20N4OS2. The Morgan fingerprint density at radius 3 is 2.69 bits per heavy atom. The molecule has 5 rings (SSSR count). The Morgan fingerprint density at radius 2 is 1.83 bits per heavy atom. The van der Waals surface area contributed by atoms with E-state index < -0.39 is 0 Å². The molecule has 0 radical (unpaired) electrons. The minimum atomic E-state index is 0.200. The van der Waals surface area contributed by atoms with Crippen LogP contribution >= 0.6 is 23.1 Å². The first-order valence-corrected chi connectivity index (χ1v) is 11.5. The van der Waals surface area contributed by atoms with Gasteiger partial charge in [0.2, 0.25) is 5.91 Å². The lowest BCUT2D eigenvalue weighted by molar-refractivity contribution is -0.128. The normalized spacial score (nSPS) is 14.6. The van der Waals surface area contributed by atoms with Crippen LogP contribution in [0, 0.1) is 0 Å². The Morgan fingerprint density at radius 1 is 1.00 bits per heavy atom. The minimum absolute atomic E-state index is 0.200. The molecule has 0 spiro atoms. The van der Waals surface area contributed by atoms with E-state index in [0.29, 0.717) is 5.75 Å². The maximum atomic E-state index is 12.7. The van der Waals surface area contributed by atoms with Gasteiger partial charge in [0.05, 0.1) is 11.1 Å². The van der Waals surface area contributed by atoms with Gasteiger partial charge >= 0.3 is 0 Å². The molecule has 0 atom stereocenters. The van der Waals surface area contributed by atoms with Crippen molar-refractivity contribution in [3.63, 3.8) is 0 Å². The van der Waals surface area contributed by atoms with Crippen molar-refractivity contribution in [3.05, 3.63) is 60.2 Å². The maximum absolute atomic E-state index is 12.7. The average molecular weight is 421 g/mol.